The SMILES string of the molecule is CCN(c1ccccc1)S(=O)(=O)c1ccc(Cl)c(C(=O)NC(C)COC)c1. The number of sulfonamides is 1. The van der Waals surface area contributed by atoms with E-state index in [4.69, 9.17) is 16.3 Å². The highest BCUT2D eigenvalue weighted by Crippen LogP contribution is 2.26. The number of methoxy groups -OCH3 is 1. The number of halogens is 1. The van der Waals surface area contributed by atoms with E-state index in [0.29, 0.717) is 12.3 Å². The average molecular weight is 411 g/mol. The Bertz CT molecular complexity index is 888. The van der Waals surface area contributed by atoms with Crippen molar-refractivity contribution in [3.8, 4) is 0 Å². The Kier molecular flexibility index (Phi) is 7.24. The Morgan fingerprint density at radius 1 is 1.22 bits per heavy atom. The van der Waals surface area contributed by atoms with E-state index in [9.17, 15) is 13.2 Å². The van der Waals surface area contributed by atoms with Gasteiger partial charge in [-0.2, -0.15) is 0 Å². The Morgan fingerprint density at radius 2 is 1.89 bits per heavy atom. The summed E-state index contributed by atoms with van der Waals surface area (Å²) in [4.78, 5) is 12.5. The molecule has 2 aromatic rings. The molecule has 27 heavy (non-hydrogen) atoms. The summed E-state index contributed by atoms with van der Waals surface area (Å²) < 4.78 is 32.5. The maximum absolute atomic E-state index is 13.1. The molecule has 0 saturated heterocycles. The lowest BCUT2D eigenvalue weighted by atomic mass is 10.2. The number of nitrogens with zero attached hydrogens (tertiary/aromatic N) is 1. The predicted molar refractivity (Wildman–Crippen MR) is 107 cm³/mol. The largest absolute Gasteiger partial charge is 0.383 e. The number of rotatable bonds is 8. The van der Waals surface area contributed by atoms with Crippen molar-refractivity contribution in [2.45, 2.75) is 24.8 Å². The van der Waals surface area contributed by atoms with Crippen LogP contribution in [0.2, 0.25) is 5.02 Å². The van der Waals surface area contributed by atoms with Gasteiger partial charge in [0.2, 0.25) is 0 Å². The Hall–Kier alpha value is -2.09. The molecule has 1 amide bonds. The van der Waals surface area contributed by atoms with E-state index >= 15 is 0 Å². The molecular formula is C19H23ClN2O4S. The molecule has 0 aliphatic rings. The average Bonchev–Trinajstić information content (AvgIpc) is 2.63. The van der Waals surface area contributed by atoms with Crippen LogP contribution >= 0.6 is 11.6 Å². The van der Waals surface area contributed by atoms with Gasteiger partial charge < -0.3 is 10.1 Å². The van der Waals surface area contributed by atoms with Gasteiger partial charge in [-0.15, -0.1) is 0 Å². The molecule has 1 N–H and O–H groups in total. The lowest BCUT2D eigenvalue weighted by Gasteiger charge is -2.23. The van der Waals surface area contributed by atoms with Crippen molar-refractivity contribution in [1.29, 1.82) is 0 Å². The minimum atomic E-state index is -3.85. The van der Waals surface area contributed by atoms with Crippen molar-refractivity contribution in [3.05, 3.63) is 59.1 Å². The van der Waals surface area contributed by atoms with Gasteiger partial charge in [-0.25, -0.2) is 8.42 Å². The topological polar surface area (TPSA) is 75.7 Å². The maximum atomic E-state index is 13.1. The van der Waals surface area contributed by atoms with Gasteiger partial charge in [-0.1, -0.05) is 29.8 Å². The molecule has 0 heterocycles. The summed E-state index contributed by atoms with van der Waals surface area (Å²) in [6.07, 6.45) is 0. The number of nitrogens with one attached hydrogen (secondary N) is 1. The van der Waals surface area contributed by atoms with Crippen LogP contribution in [0.5, 0.6) is 0 Å². The summed E-state index contributed by atoms with van der Waals surface area (Å²) in [5, 5.41) is 2.91. The second kappa shape index (κ2) is 9.21. The molecule has 0 aliphatic heterocycles. The Morgan fingerprint density at radius 3 is 2.48 bits per heavy atom. The fourth-order valence-corrected chi connectivity index (χ4v) is 4.35. The summed E-state index contributed by atoms with van der Waals surface area (Å²) in [6, 6.07) is 12.7. The smallest absolute Gasteiger partial charge is 0.264 e. The van der Waals surface area contributed by atoms with Crippen molar-refractivity contribution in [1.82, 2.24) is 5.32 Å². The van der Waals surface area contributed by atoms with E-state index in [0.717, 1.165) is 0 Å². The van der Waals surface area contributed by atoms with Crippen molar-refractivity contribution in [2.24, 2.45) is 0 Å². The van der Waals surface area contributed by atoms with Crippen LogP contribution in [0, 0.1) is 0 Å². The summed E-state index contributed by atoms with van der Waals surface area (Å²) in [5.74, 6) is -0.454. The van der Waals surface area contributed by atoms with Crippen LogP contribution in [0.15, 0.2) is 53.4 Å². The van der Waals surface area contributed by atoms with E-state index in [2.05, 4.69) is 5.32 Å². The molecule has 146 valence electrons. The second-order valence-corrected chi connectivity index (χ2v) is 8.25. The number of hydrogen-bond acceptors (Lipinski definition) is 4. The van der Waals surface area contributed by atoms with Crippen LogP contribution < -0.4 is 9.62 Å². The molecule has 0 aliphatic carbocycles. The van der Waals surface area contributed by atoms with Gasteiger partial charge in [0.15, 0.2) is 0 Å². The van der Waals surface area contributed by atoms with Crippen LogP contribution in [0.4, 0.5) is 5.69 Å². The van der Waals surface area contributed by atoms with E-state index < -0.39 is 15.9 Å². The fourth-order valence-electron chi connectivity index (χ4n) is 2.64. The van der Waals surface area contributed by atoms with Crippen LogP contribution in [-0.2, 0) is 14.8 Å². The molecule has 1 atom stereocenters. The van der Waals surface area contributed by atoms with Gasteiger partial charge >= 0.3 is 0 Å². The van der Waals surface area contributed by atoms with Crippen molar-refractivity contribution >= 4 is 33.2 Å². The lowest BCUT2D eigenvalue weighted by molar-refractivity contribution is 0.0905. The van der Waals surface area contributed by atoms with E-state index in [-0.39, 0.29) is 28.1 Å². The van der Waals surface area contributed by atoms with Crippen LogP contribution in [0.25, 0.3) is 0 Å². The molecule has 8 heteroatoms. The highest BCUT2D eigenvalue weighted by Gasteiger charge is 2.25. The predicted octanol–water partition coefficient (Wildman–Crippen LogP) is 3.32. The Labute approximate surface area is 165 Å². The summed E-state index contributed by atoms with van der Waals surface area (Å²) in [5.41, 5.74) is 0.652. The highest BCUT2D eigenvalue weighted by atomic mass is 35.5. The number of amides is 1. The van der Waals surface area contributed by atoms with Crippen molar-refractivity contribution in [3.63, 3.8) is 0 Å². The van der Waals surface area contributed by atoms with Crippen molar-refractivity contribution < 1.29 is 17.9 Å². The van der Waals surface area contributed by atoms with Gasteiger partial charge in [0.25, 0.3) is 15.9 Å². The highest BCUT2D eigenvalue weighted by molar-refractivity contribution is 7.92. The molecule has 0 radical (unpaired) electrons. The number of benzene rings is 2. The normalized spacial score (nSPS) is 12.4. The monoisotopic (exact) mass is 410 g/mol. The number of carbonyl (C=O) groups is 1. The van der Waals surface area contributed by atoms with Crippen LogP contribution in [-0.4, -0.2) is 40.6 Å². The first-order chi connectivity index (χ1) is 12.8. The standard InChI is InChI=1S/C19H23ClN2O4S/c1-4-22(15-8-6-5-7-9-15)27(24,25)16-10-11-18(20)17(12-16)19(23)21-14(2)13-26-3/h5-12,14H,4,13H2,1-3H3,(H,21,23). The van der Waals surface area contributed by atoms with Gasteiger partial charge in [-0.3, -0.25) is 9.10 Å². The molecule has 2 rings (SSSR count). The Balaban J connectivity index is 2.39. The van der Waals surface area contributed by atoms with Crippen molar-refractivity contribution in [2.75, 3.05) is 24.6 Å². The number of anilines is 1. The number of carbonyl (C=O) groups excluding carboxylic acids is 1. The summed E-state index contributed by atoms with van der Waals surface area (Å²) in [6.45, 7) is 4.12. The molecule has 0 aromatic heterocycles. The third kappa shape index (κ3) is 5.00. The molecule has 0 saturated carbocycles. The molecule has 1 unspecified atom stereocenters. The molecule has 0 fully saturated rings. The zero-order chi connectivity index (χ0) is 20.0. The molecule has 0 bridgehead atoms. The van der Waals surface area contributed by atoms with E-state index in [1.54, 1.807) is 38.1 Å². The van der Waals surface area contributed by atoms with Gasteiger partial charge in [0.05, 0.1) is 27.8 Å². The number of ether oxygens (including phenoxy) is 1. The fraction of sp³-hybridized carbons (Fsp3) is 0.316. The lowest BCUT2D eigenvalue weighted by Crippen LogP contribution is -2.36. The summed E-state index contributed by atoms with van der Waals surface area (Å²) in [7, 11) is -2.31. The first kappa shape index (κ1) is 21.2. The quantitative estimate of drug-likeness (QED) is 0.724. The summed E-state index contributed by atoms with van der Waals surface area (Å²) >= 11 is 6.13. The minimum Gasteiger partial charge on any atom is -0.383 e. The third-order valence-electron chi connectivity index (χ3n) is 3.90. The van der Waals surface area contributed by atoms with Gasteiger partial charge in [-0.05, 0) is 44.2 Å². The third-order valence-corrected chi connectivity index (χ3v) is 6.12. The number of para-hydroxylation sites is 1. The zero-order valence-electron chi connectivity index (χ0n) is 15.5. The van der Waals surface area contributed by atoms with Crippen LogP contribution in [0.1, 0.15) is 24.2 Å². The first-order valence-electron chi connectivity index (χ1n) is 8.48. The number of hydrogen-bond donors (Lipinski definition) is 1. The van der Waals surface area contributed by atoms with Gasteiger partial charge in [0, 0.05) is 19.7 Å². The second-order valence-electron chi connectivity index (χ2n) is 5.98. The molecule has 2 aromatic carbocycles. The van der Waals surface area contributed by atoms with Gasteiger partial charge in [0.1, 0.15) is 0 Å². The van der Waals surface area contributed by atoms with E-state index in [1.165, 1.54) is 29.6 Å². The van der Waals surface area contributed by atoms with E-state index in [1.807, 2.05) is 6.07 Å². The molecule has 0 spiro atoms. The minimum absolute atomic E-state index is 0.00199. The molecular weight excluding hydrogens is 388 g/mol. The molecule has 6 nitrogen and oxygen atoms in total. The maximum Gasteiger partial charge on any atom is 0.264 e. The first-order valence-corrected chi connectivity index (χ1v) is 10.3. The van der Waals surface area contributed by atoms with Crippen LogP contribution in [0.3, 0.4) is 0 Å². The zero-order valence-corrected chi connectivity index (χ0v) is 17.0.